The number of carboxylic acid groups (broad SMARTS) is 1. The molecule has 0 aromatic heterocycles. The summed E-state index contributed by atoms with van der Waals surface area (Å²) in [5.41, 5.74) is 1.40. The van der Waals surface area contributed by atoms with Gasteiger partial charge >= 0.3 is 12.1 Å². The number of hydrogen-bond donors (Lipinski definition) is 2. The Labute approximate surface area is 179 Å². The van der Waals surface area contributed by atoms with Crippen molar-refractivity contribution in [2.24, 2.45) is 0 Å². The van der Waals surface area contributed by atoms with Gasteiger partial charge in [-0.1, -0.05) is 25.0 Å². The van der Waals surface area contributed by atoms with Gasteiger partial charge in [0.25, 0.3) is 0 Å². The van der Waals surface area contributed by atoms with Crippen LogP contribution in [0.25, 0.3) is 0 Å². The number of ether oxygens (including phenoxy) is 2. The molecular formula is C24H35NO5. The second-order valence-electron chi connectivity index (χ2n) is 9.62. The Bertz CT molecular complexity index is 742. The quantitative estimate of drug-likeness (QED) is 0.638. The van der Waals surface area contributed by atoms with E-state index in [1.165, 1.54) is 31.2 Å². The fourth-order valence-corrected chi connectivity index (χ4v) is 4.46. The first-order valence-corrected chi connectivity index (χ1v) is 11.2. The zero-order valence-electron chi connectivity index (χ0n) is 18.4. The third-order valence-electron chi connectivity index (χ3n) is 5.89. The Kier molecular flexibility index (Phi) is 7.27. The van der Waals surface area contributed by atoms with Crippen molar-refractivity contribution in [1.29, 1.82) is 0 Å². The van der Waals surface area contributed by atoms with E-state index < -0.39 is 23.7 Å². The second-order valence-corrected chi connectivity index (χ2v) is 9.62. The Balaban J connectivity index is 1.75. The van der Waals surface area contributed by atoms with E-state index in [2.05, 4.69) is 11.4 Å². The molecule has 2 aliphatic rings. The Morgan fingerprint density at radius 2 is 1.73 bits per heavy atom. The van der Waals surface area contributed by atoms with Crippen LogP contribution in [0, 0.1) is 0 Å². The van der Waals surface area contributed by atoms with Crippen molar-refractivity contribution in [3.63, 3.8) is 0 Å². The molecule has 1 unspecified atom stereocenters. The van der Waals surface area contributed by atoms with E-state index in [4.69, 9.17) is 9.47 Å². The first kappa shape index (κ1) is 22.4. The largest absolute Gasteiger partial charge is 0.490 e. The molecule has 0 spiro atoms. The fraction of sp³-hybridized carbons (Fsp3) is 0.667. The molecule has 1 amide bonds. The van der Waals surface area contributed by atoms with Crippen molar-refractivity contribution in [3.05, 3.63) is 29.3 Å². The minimum Gasteiger partial charge on any atom is -0.490 e. The van der Waals surface area contributed by atoms with Crippen molar-refractivity contribution in [1.82, 2.24) is 5.32 Å². The number of carbonyl (C=O) groups excluding carboxylic acids is 1. The molecule has 0 heterocycles. The smallest absolute Gasteiger partial charge is 0.408 e. The van der Waals surface area contributed by atoms with Crippen LogP contribution in [0.1, 0.15) is 89.2 Å². The summed E-state index contributed by atoms with van der Waals surface area (Å²) in [7, 11) is 0. The SMILES string of the molecule is CC(C)(C)OC(=O)NC(Cc1ccc(OC2CCCC2)c(C2CCCC2)c1)C(=O)O. The average molecular weight is 418 g/mol. The summed E-state index contributed by atoms with van der Waals surface area (Å²) >= 11 is 0. The van der Waals surface area contributed by atoms with Crippen LogP contribution in [0.15, 0.2) is 18.2 Å². The summed E-state index contributed by atoms with van der Waals surface area (Å²) in [6.07, 6.45) is 9.15. The molecule has 30 heavy (non-hydrogen) atoms. The molecule has 0 bridgehead atoms. The number of rotatable bonds is 7. The first-order chi connectivity index (χ1) is 14.2. The highest BCUT2D eigenvalue weighted by Crippen LogP contribution is 2.40. The lowest BCUT2D eigenvalue weighted by Crippen LogP contribution is -2.44. The molecule has 1 atom stereocenters. The molecule has 2 aliphatic carbocycles. The van der Waals surface area contributed by atoms with Gasteiger partial charge in [-0.05, 0) is 82.4 Å². The minimum absolute atomic E-state index is 0.206. The lowest BCUT2D eigenvalue weighted by molar-refractivity contribution is -0.139. The van der Waals surface area contributed by atoms with Gasteiger partial charge in [-0.3, -0.25) is 0 Å². The second kappa shape index (κ2) is 9.71. The number of aliphatic carboxylic acids is 1. The fourth-order valence-electron chi connectivity index (χ4n) is 4.46. The number of alkyl carbamates (subject to hydrolysis) is 1. The van der Waals surface area contributed by atoms with Crippen molar-refractivity contribution >= 4 is 12.1 Å². The van der Waals surface area contributed by atoms with Crippen LogP contribution in [-0.2, 0) is 16.0 Å². The molecular weight excluding hydrogens is 382 g/mol. The summed E-state index contributed by atoms with van der Waals surface area (Å²) in [4.78, 5) is 23.8. The summed E-state index contributed by atoms with van der Waals surface area (Å²) < 4.78 is 11.6. The number of nitrogens with one attached hydrogen (secondary N) is 1. The number of carboxylic acids is 1. The molecule has 2 N–H and O–H groups in total. The summed E-state index contributed by atoms with van der Waals surface area (Å²) in [5, 5.41) is 12.1. The first-order valence-electron chi connectivity index (χ1n) is 11.2. The minimum atomic E-state index is -1.07. The predicted octanol–water partition coefficient (Wildman–Crippen LogP) is 5.19. The van der Waals surface area contributed by atoms with Crippen LogP contribution < -0.4 is 10.1 Å². The number of hydrogen-bond acceptors (Lipinski definition) is 4. The van der Waals surface area contributed by atoms with Crippen LogP contribution >= 0.6 is 0 Å². The maximum atomic E-state index is 12.1. The highest BCUT2D eigenvalue weighted by molar-refractivity contribution is 5.80. The van der Waals surface area contributed by atoms with Gasteiger partial charge in [0, 0.05) is 6.42 Å². The van der Waals surface area contributed by atoms with Crippen molar-refractivity contribution in [2.75, 3.05) is 0 Å². The van der Waals surface area contributed by atoms with Crippen molar-refractivity contribution < 1.29 is 24.2 Å². The van der Waals surface area contributed by atoms with Crippen molar-refractivity contribution in [2.45, 2.75) is 102 Å². The van der Waals surface area contributed by atoms with Gasteiger partial charge in [0.05, 0.1) is 6.10 Å². The molecule has 166 valence electrons. The van der Waals surface area contributed by atoms with Crippen LogP contribution in [-0.4, -0.2) is 34.9 Å². The van der Waals surface area contributed by atoms with Crippen LogP contribution in [0.3, 0.4) is 0 Å². The molecule has 1 aromatic carbocycles. The van der Waals surface area contributed by atoms with Crippen LogP contribution in [0.2, 0.25) is 0 Å². The summed E-state index contributed by atoms with van der Waals surface area (Å²) in [6, 6.07) is 4.97. The normalized spacial score (nSPS) is 18.9. The van der Waals surface area contributed by atoms with Gasteiger partial charge in [-0.25, -0.2) is 9.59 Å². The molecule has 0 radical (unpaired) electrons. The third-order valence-corrected chi connectivity index (χ3v) is 5.89. The van der Waals surface area contributed by atoms with E-state index in [0.717, 1.165) is 37.0 Å². The number of amides is 1. The molecule has 2 saturated carbocycles. The van der Waals surface area contributed by atoms with Gasteiger partial charge in [0.15, 0.2) is 0 Å². The highest BCUT2D eigenvalue weighted by atomic mass is 16.6. The summed E-state index contributed by atoms with van der Waals surface area (Å²) in [6.45, 7) is 5.25. The zero-order chi connectivity index (χ0) is 21.7. The monoisotopic (exact) mass is 417 g/mol. The maximum absolute atomic E-state index is 12.1. The van der Waals surface area contributed by atoms with E-state index >= 15 is 0 Å². The Morgan fingerprint density at radius 3 is 2.33 bits per heavy atom. The molecule has 0 saturated heterocycles. The van der Waals surface area contributed by atoms with Gasteiger partial charge < -0.3 is 19.9 Å². The Hall–Kier alpha value is -2.24. The summed E-state index contributed by atoms with van der Waals surface area (Å²) in [5.74, 6) is 0.336. The van der Waals surface area contributed by atoms with Crippen molar-refractivity contribution in [3.8, 4) is 5.75 Å². The van der Waals surface area contributed by atoms with E-state index in [1.54, 1.807) is 20.8 Å². The van der Waals surface area contributed by atoms with Gasteiger partial charge in [0.1, 0.15) is 17.4 Å². The highest BCUT2D eigenvalue weighted by Gasteiger charge is 2.27. The van der Waals surface area contributed by atoms with E-state index in [-0.39, 0.29) is 12.5 Å². The van der Waals surface area contributed by atoms with E-state index in [9.17, 15) is 14.7 Å². The predicted molar refractivity (Wildman–Crippen MR) is 115 cm³/mol. The molecule has 6 heteroatoms. The lowest BCUT2D eigenvalue weighted by Gasteiger charge is -2.23. The molecule has 0 aliphatic heterocycles. The van der Waals surface area contributed by atoms with Gasteiger partial charge in [-0.15, -0.1) is 0 Å². The number of carbonyl (C=O) groups is 2. The van der Waals surface area contributed by atoms with E-state index in [0.29, 0.717) is 5.92 Å². The maximum Gasteiger partial charge on any atom is 0.408 e. The third kappa shape index (κ3) is 6.38. The molecule has 3 rings (SSSR count). The van der Waals surface area contributed by atoms with E-state index in [1.807, 2.05) is 12.1 Å². The van der Waals surface area contributed by atoms with Gasteiger partial charge in [0.2, 0.25) is 0 Å². The Morgan fingerprint density at radius 1 is 1.10 bits per heavy atom. The molecule has 1 aromatic rings. The number of benzene rings is 1. The molecule has 6 nitrogen and oxygen atoms in total. The lowest BCUT2D eigenvalue weighted by atomic mass is 9.93. The van der Waals surface area contributed by atoms with Crippen LogP contribution in [0.5, 0.6) is 5.75 Å². The van der Waals surface area contributed by atoms with Gasteiger partial charge in [-0.2, -0.15) is 0 Å². The standard InChI is InChI=1S/C24H35NO5/c1-24(2,3)30-23(28)25-20(22(26)27)15-16-12-13-21(29-18-10-6-7-11-18)19(14-16)17-8-4-5-9-17/h12-14,17-18,20H,4-11,15H2,1-3H3,(H,25,28)(H,26,27). The zero-order valence-corrected chi connectivity index (χ0v) is 18.4. The molecule has 2 fully saturated rings. The average Bonchev–Trinajstić information content (AvgIpc) is 3.34. The van der Waals surface area contributed by atoms with Crippen LogP contribution in [0.4, 0.5) is 4.79 Å². The topological polar surface area (TPSA) is 84.9 Å².